The van der Waals surface area contributed by atoms with Gasteiger partial charge in [-0.05, 0) is 67.3 Å². The fraction of sp³-hybridized carbons (Fsp3) is 0.333. The van der Waals surface area contributed by atoms with Crippen molar-refractivity contribution < 1.29 is 32.5 Å². The van der Waals surface area contributed by atoms with E-state index in [9.17, 15) is 18.0 Å². The van der Waals surface area contributed by atoms with Gasteiger partial charge in [-0.1, -0.05) is 19.1 Å². The number of aryl methyl sites for hydroxylation is 2. The molecule has 0 unspecified atom stereocenters. The Morgan fingerprint density at radius 2 is 1.91 bits per heavy atom. The van der Waals surface area contributed by atoms with Crippen molar-refractivity contribution >= 4 is 5.97 Å². The molecule has 8 heteroatoms. The molecule has 0 radical (unpaired) electrons. The van der Waals surface area contributed by atoms with E-state index in [0.717, 1.165) is 29.7 Å². The van der Waals surface area contributed by atoms with E-state index in [-0.39, 0.29) is 12.5 Å². The summed E-state index contributed by atoms with van der Waals surface area (Å²) in [5.74, 6) is 0.189. The number of hydrogen-bond donors (Lipinski definition) is 1. The topological polar surface area (TPSA) is 68.7 Å². The summed E-state index contributed by atoms with van der Waals surface area (Å²) in [6, 6.07) is 12.4. The smallest absolute Gasteiger partial charge is 0.416 e. The normalized spacial score (nSPS) is 12.3. The highest BCUT2D eigenvalue weighted by Gasteiger charge is 2.31. The van der Waals surface area contributed by atoms with Crippen LogP contribution in [0.2, 0.25) is 0 Å². The van der Waals surface area contributed by atoms with Gasteiger partial charge in [-0.2, -0.15) is 13.2 Å². The van der Waals surface area contributed by atoms with Crippen molar-refractivity contribution in [3.8, 4) is 22.6 Å². The van der Waals surface area contributed by atoms with E-state index in [4.69, 9.17) is 14.6 Å². The third-order valence-electron chi connectivity index (χ3n) is 5.57. The van der Waals surface area contributed by atoms with Gasteiger partial charge in [0.1, 0.15) is 11.5 Å². The number of carbonyl (C=O) groups is 1. The lowest BCUT2D eigenvalue weighted by Gasteiger charge is -2.19. The summed E-state index contributed by atoms with van der Waals surface area (Å²) < 4.78 is 51.6. The minimum absolute atomic E-state index is 0.0764. The van der Waals surface area contributed by atoms with Gasteiger partial charge >= 0.3 is 12.1 Å². The summed E-state index contributed by atoms with van der Waals surface area (Å²) in [5.41, 5.74) is 2.14. The summed E-state index contributed by atoms with van der Waals surface area (Å²) >= 11 is 0. The lowest BCUT2D eigenvalue weighted by Crippen LogP contribution is -2.16. The molecule has 5 nitrogen and oxygen atoms in total. The van der Waals surface area contributed by atoms with Crippen LogP contribution in [0.5, 0.6) is 11.5 Å². The molecule has 0 bridgehead atoms. The van der Waals surface area contributed by atoms with Crippen molar-refractivity contribution in [1.29, 1.82) is 0 Å². The van der Waals surface area contributed by atoms with Crippen LogP contribution in [-0.2, 0) is 23.8 Å². The monoisotopic (exact) mass is 487 g/mol. The molecule has 186 valence electrons. The number of benzene rings is 2. The van der Waals surface area contributed by atoms with E-state index in [1.54, 1.807) is 18.3 Å². The first-order valence-electron chi connectivity index (χ1n) is 11.4. The highest BCUT2D eigenvalue weighted by atomic mass is 19.4. The van der Waals surface area contributed by atoms with Crippen molar-refractivity contribution in [3.63, 3.8) is 0 Å². The summed E-state index contributed by atoms with van der Waals surface area (Å²) in [4.78, 5) is 14.9. The van der Waals surface area contributed by atoms with Gasteiger partial charge in [0.2, 0.25) is 0 Å². The third kappa shape index (κ3) is 7.47. The predicted molar refractivity (Wildman–Crippen MR) is 127 cm³/mol. The Kier molecular flexibility index (Phi) is 8.73. The molecule has 1 aromatic heterocycles. The second-order valence-electron chi connectivity index (χ2n) is 8.19. The second-order valence-corrected chi connectivity index (χ2v) is 8.19. The molecule has 3 aromatic rings. The van der Waals surface area contributed by atoms with Crippen LogP contribution in [0, 0.1) is 0 Å². The first-order chi connectivity index (χ1) is 16.7. The molecular formula is C27H28F3NO4. The van der Waals surface area contributed by atoms with Crippen molar-refractivity contribution in [2.24, 2.45) is 0 Å². The summed E-state index contributed by atoms with van der Waals surface area (Å²) in [6.07, 6.45) is 0.0925. The zero-order valence-corrected chi connectivity index (χ0v) is 19.6. The first kappa shape index (κ1) is 26.1. The number of aliphatic carboxylic acids is 1. The Morgan fingerprint density at radius 1 is 1.11 bits per heavy atom. The molecule has 0 fully saturated rings. The highest BCUT2D eigenvalue weighted by molar-refractivity contribution is 5.70. The minimum atomic E-state index is -4.46. The van der Waals surface area contributed by atoms with Crippen molar-refractivity contribution in [3.05, 3.63) is 77.6 Å². The van der Waals surface area contributed by atoms with E-state index in [1.165, 1.54) is 12.3 Å². The van der Waals surface area contributed by atoms with Gasteiger partial charge in [-0.25, -0.2) is 0 Å². The van der Waals surface area contributed by atoms with Gasteiger partial charge in [0.15, 0.2) is 0 Å². The summed E-state index contributed by atoms with van der Waals surface area (Å²) in [5, 5.41) is 8.91. The number of ether oxygens (including phenoxy) is 2. The third-order valence-corrected chi connectivity index (χ3v) is 5.57. The van der Waals surface area contributed by atoms with Crippen LogP contribution in [0.3, 0.4) is 0 Å². The molecule has 35 heavy (non-hydrogen) atoms. The minimum Gasteiger partial charge on any atom is -0.493 e. The Morgan fingerprint density at radius 3 is 2.57 bits per heavy atom. The molecule has 0 aliphatic rings. The van der Waals surface area contributed by atoms with E-state index in [1.807, 2.05) is 32.0 Å². The van der Waals surface area contributed by atoms with Gasteiger partial charge in [-0.15, -0.1) is 0 Å². The fourth-order valence-electron chi connectivity index (χ4n) is 3.68. The van der Waals surface area contributed by atoms with Gasteiger partial charge in [0.05, 0.1) is 18.3 Å². The largest absolute Gasteiger partial charge is 0.493 e. The van der Waals surface area contributed by atoms with Crippen LogP contribution in [0.15, 0.2) is 60.9 Å². The average molecular weight is 488 g/mol. The average Bonchev–Trinajstić information content (AvgIpc) is 2.83. The maximum atomic E-state index is 13.3. The molecule has 0 saturated carbocycles. The predicted octanol–water partition coefficient (Wildman–Crippen LogP) is 6.58. The molecule has 2 aromatic carbocycles. The zero-order valence-electron chi connectivity index (χ0n) is 19.6. The van der Waals surface area contributed by atoms with Crippen LogP contribution in [-0.4, -0.2) is 28.8 Å². The number of halogens is 3. The molecular weight excluding hydrogens is 459 g/mol. The van der Waals surface area contributed by atoms with Crippen LogP contribution in [0.25, 0.3) is 11.1 Å². The fourth-order valence-corrected chi connectivity index (χ4v) is 3.68. The molecule has 0 amide bonds. The van der Waals surface area contributed by atoms with Crippen LogP contribution >= 0.6 is 0 Å². The van der Waals surface area contributed by atoms with Crippen LogP contribution in [0.1, 0.15) is 43.4 Å². The molecule has 0 aliphatic carbocycles. The number of aromatic nitrogens is 1. The van der Waals surface area contributed by atoms with E-state index < -0.39 is 17.7 Å². The zero-order chi connectivity index (χ0) is 25.4. The first-order valence-corrected chi connectivity index (χ1v) is 11.4. The Balaban J connectivity index is 1.65. The number of nitrogens with zero attached hydrogens (tertiary/aromatic N) is 1. The van der Waals surface area contributed by atoms with Crippen molar-refractivity contribution in [2.45, 2.75) is 51.8 Å². The van der Waals surface area contributed by atoms with Gasteiger partial charge < -0.3 is 14.6 Å². The molecule has 0 spiro atoms. The number of pyridine rings is 1. The number of rotatable bonds is 11. The number of hydrogen-bond acceptors (Lipinski definition) is 4. The van der Waals surface area contributed by atoms with E-state index in [0.29, 0.717) is 42.1 Å². The summed E-state index contributed by atoms with van der Waals surface area (Å²) in [6.45, 7) is 4.19. The van der Waals surface area contributed by atoms with Gasteiger partial charge in [-0.3, -0.25) is 9.78 Å². The number of carboxylic acids is 1. The Labute approximate surface area is 202 Å². The molecule has 0 saturated heterocycles. The molecule has 1 atom stereocenters. The summed E-state index contributed by atoms with van der Waals surface area (Å²) in [7, 11) is 0. The van der Waals surface area contributed by atoms with E-state index >= 15 is 0 Å². The number of carboxylic acid groups (broad SMARTS) is 1. The lowest BCUT2D eigenvalue weighted by molar-refractivity contribution is -0.138. The van der Waals surface area contributed by atoms with Crippen molar-refractivity contribution in [2.75, 3.05) is 6.61 Å². The van der Waals surface area contributed by atoms with Crippen LogP contribution < -0.4 is 9.47 Å². The maximum Gasteiger partial charge on any atom is 0.416 e. The molecule has 1 heterocycles. The number of alkyl halides is 3. The Hall–Kier alpha value is -3.55. The van der Waals surface area contributed by atoms with E-state index in [2.05, 4.69) is 4.98 Å². The SMILES string of the molecule is CCc1cc(OCC[C@@H](C)Oc2ccc(C(F)(F)F)cc2-c2cccnc2)ccc1CCC(=O)O. The van der Waals surface area contributed by atoms with Crippen molar-refractivity contribution in [1.82, 2.24) is 4.98 Å². The maximum absolute atomic E-state index is 13.3. The van der Waals surface area contributed by atoms with Gasteiger partial charge in [0.25, 0.3) is 0 Å². The quantitative estimate of drug-likeness (QED) is 0.331. The van der Waals surface area contributed by atoms with Gasteiger partial charge in [0, 0.05) is 36.4 Å². The Bertz CT molecular complexity index is 1130. The standard InChI is InChI=1S/C27H28F3NO4/c1-3-19-15-23(9-6-20(19)7-11-26(32)33)34-14-12-18(2)35-25-10-8-22(27(28,29)30)16-24(25)21-5-4-13-31-17-21/h4-6,8-10,13,15-18H,3,7,11-12,14H2,1-2H3,(H,32,33)/t18-/m1/s1. The van der Waals surface area contributed by atoms with Crippen LogP contribution in [0.4, 0.5) is 13.2 Å². The molecule has 0 aliphatic heterocycles. The second kappa shape index (κ2) is 11.7. The highest BCUT2D eigenvalue weighted by Crippen LogP contribution is 2.37. The lowest BCUT2D eigenvalue weighted by atomic mass is 10.0. The molecule has 3 rings (SSSR count). The molecule has 1 N–H and O–H groups in total.